The van der Waals surface area contributed by atoms with Crippen molar-refractivity contribution in [1.29, 1.82) is 0 Å². The summed E-state index contributed by atoms with van der Waals surface area (Å²) in [6.07, 6.45) is 0. The first kappa shape index (κ1) is 19.7. The first-order valence-electron chi connectivity index (χ1n) is 8.75. The molecule has 2 N–H and O–H groups in total. The molecule has 0 saturated heterocycles. The van der Waals surface area contributed by atoms with Gasteiger partial charge in [0.05, 0.1) is 12.3 Å². The molecule has 7 heteroatoms. The van der Waals surface area contributed by atoms with Crippen molar-refractivity contribution in [3.05, 3.63) is 104 Å². The van der Waals surface area contributed by atoms with Crippen molar-refractivity contribution in [2.24, 2.45) is 0 Å². The molecule has 0 aliphatic heterocycles. The summed E-state index contributed by atoms with van der Waals surface area (Å²) >= 11 is 0. The molecule has 1 heterocycles. The minimum Gasteiger partial charge on any atom is -0.379 e. The fourth-order valence-corrected chi connectivity index (χ4v) is 3.23. The van der Waals surface area contributed by atoms with Crippen molar-refractivity contribution in [2.75, 3.05) is 0 Å². The standard InChI is InChI=1S/C21H21FN2O4/c1-14-18(21(2,27)16-10-6-7-11-17(16)22)24(20(26)23-19(14)25)13-28-12-15-8-4-3-5-9-15/h3-11,27H,12-13H2,1-2H3,(H,23,25,26). The Balaban J connectivity index is 2.04. The Morgan fingerprint density at radius 2 is 1.75 bits per heavy atom. The fourth-order valence-electron chi connectivity index (χ4n) is 3.23. The molecule has 0 fully saturated rings. The highest BCUT2D eigenvalue weighted by atomic mass is 19.1. The van der Waals surface area contributed by atoms with Gasteiger partial charge in [-0.05, 0) is 25.5 Å². The van der Waals surface area contributed by atoms with Crippen LogP contribution in [0.5, 0.6) is 0 Å². The Hall–Kier alpha value is -3.03. The van der Waals surface area contributed by atoms with Crippen LogP contribution in [0, 0.1) is 12.7 Å². The smallest absolute Gasteiger partial charge is 0.330 e. The highest BCUT2D eigenvalue weighted by Crippen LogP contribution is 2.31. The third-order valence-electron chi connectivity index (χ3n) is 4.62. The lowest BCUT2D eigenvalue weighted by Crippen LogP contribution is -2.41. The van der Waals surface area contributed by atoms with Crippen LogP contribution in [0.25, 0.3) is 0 Å². The number of nitrogens with zero attached hydrogens (tertiary/aromatic N) is 1. The highest BCUT2D eigenvalue weighted by molar-refractivity contribution is 5.36. The van der Waals surface area contributed by atoms with Gasteiger partial charge in [0.1, 0.15) is 18.1 Å². The first-order valence-corrected chi connectivity index (χ1v) is 8.75. The van der Waals surface area contributed by atoms with Crippen LogP contribution < -0.4 is 11.2 Å². The zero-order valence-electron chi connectivity index (χ0n) is 15.6. The molecule has 2 aromatic carbocycles. The number of benzene rings is 2. The van der Waals surface area contributed by atoms with Crippen molar-refractivity contribution >= 4 is 0 Å². The van der Waals surface area contributed by atoms with Crippen molar-refractivity contribution in [3.8, 4) is 0 Å². The maximum atomic E-state index is 14.3. The van der Waals surface area contributed by atoms with Crippen LogP contribution in [0.4, 0.5) is 4.39 Å². The summed E-state index contributed by atoms with van der Waals surface area (Å²) in [5.74, 6) is -0.642. The number of nitrogens with one attached hydrogen (secondary N) is 1. The highest BCUT2D eigenvalue weighted by Gasteiger charge is 2.34. The van der Waals surface area contributed by atoms with E-state index in [2.05, 4.69) is 4.98 Å². The number of halogens is 1. The van der Waals surface area contributed by atoms with Gasteiger partial charge in [0.2, 0.25) is 0 Å². The topological polar surface area (TPSA) is 84.3 Å². The molecule has 0 aliphatic carbocycles. The molecular formula is C21H21FN2O4. The Kier molecular flexibility index (Phi) is 5.58. The van der Waals surface area contributed by atoms with Crippen molar-refractivity contribution in [2.45, 2.75) is 32.8 Å². The van der Waals surface area contributed by atoms with Gasteiger partial charge in [-0.25, -0.2) is 9.18 Å². The van der Waals surface area contributed by atoms with E-state index in [0.717, 1.165) is 10.1 Å². The number of aromatic amines is 1. The summed E-state index contributed by atoms with van der Waals surface area (Å²) in [6, 6.07) is 15.0. The minimum absolute atomic E-state index is 0.0144. The Labute approximate surface area is 160 Å². The number of rotatable bonds is 6. The van der Waals surface area contributed by atoms with Gasteiger partial charge in [0, 0.05) is 11.1 Å². The average molecular weight is 384 g/mol. The van der Waals surface area contributed by atoms with Gasteiger partial charge in [-0.2, -0.15) is 0 Å². The van der Waals surface area contributed by atoms with Crippen LogP contribution in [0.1, 0.15) is 29.3 Å². The number of hydrogen-bond acceptors (Lipinski definition) is 4. The van der Waals surface area contributed by atoms with Crippen molar-refractivity contribution in [3.63, 3.8) is 0 Å². The zero-order valence-corrected chi connectivity index (χ0v) is 15.6. The SMILES string of the molecule is Cc1c(C(C)(O)c2ccccc2F)n(COCc2ccccc2)c(=O)[nH]c1=O. The van der Waals surface area contributed by atoms with Crippen LogP contribution in [-0.2, 0) is 23.7 Å². The summed E-state index contributed by atoms with van der Waals surface area (Å²) in [4.78, 5) is 26.8. The van der Waals surface area contributed by atoms with Gasteiger partial charge in [-0.15, -0.1) is 0 Å². The van der Waals surface area contributed by atoms with E-state index in [4.69, 9.17) is 4.74 Å². The van der Waals surface area contributed by atoms with E-state index in [1.165, 1.54) is 32.0 Å². The summed E-state index contributed by atoms with van der Waals surface area (Å²) in [6.45, 7) is 2.83. The Morgan fingerprint density at radius 1 is 1.11 bits per heavy atom. The molecule has 1 unspecified atom stereocenters. The molecule has 0 spiro atoms. The van der Waals surface area contributed by atoms with Gasteiger partial charge in [0.25, 0.3) is 5.56 Å². The molecule has 1 aromatic heterocycles. The molecule has 1 atom stereocenters. The minimum atomic E-state index is -1.92. The lowest BCUT2D eigenvalue weighted by molar-refractivity contribution is 0.0375. The summed E-state index contributed by atoms with van der Waals surface area (Å²) in [5.41, 5.74) is -2.35. The van der Waals surface area contributed by atoms with Gasteiger partial charge in [-0.1, -0.05) is 48.5 Å². The van der Waals surface area contributed by atoms with E-state index in [-0.39, 0.29) is 30.2 Å². The molecule has 6 nitrogen and oxygen atoms in total. The number of hydrogen-bond donors (Lipinski definition) is 2. The van der Waals surface area contributed by atoms with Crippen molar-refractivity contribution in [1.82, 2.24) is 9.55 Å². The molecule has 0 aliphatic rings. The molecule has 0 saturated carbocycles. The molecule has 0 amide bonds. The maximum Gasteiger partial charge on any atom is 0.330 e. The van der Waals surface area contributed by atoms with Gasteiger partial charge < -0.3 is 9.84 Å². The third-order valence-corrected chi connectivity index (χ3v) is 4.62. The summed E-state index contributed by atoms with van der Waals surface area (Å²) in [7, 11) is 0. The van der Waals surface area contributed by atoms with E-state index >= 15 is 0 Å². The van der Waals surface area contributed by atoms with Crippen LogP contribution in [0.3, 0.4) is 0 Å². The predicted molar refractivity (Wildman–Crippen MR) is 102 cm³/mol. The number of aliphatic hydroxyl groups is 1. The van der Waals surface area contributed by atoms with E-state index < -0.39 is 22.7 Å². The lowest BCUT2D eigenvalue weighted by atomic mass is 9.89. The first-order chi connectivity index (χ1) is 13.3. The number of aromatic nitrogens is 2. The summed E-state index contributed by atoms with van der Waals surface area (Å²) < 4.78 is 21.1. The van der Waals surface area contributed by atoms with Crippen molar-refractivity contribution < 1.29 is 14.2 Å². The normalized spacial score (nSPS) is 13.3. The lowest BCUT2D eigenvalue weighted by Gasteiger charge is -2.29. The van der Waals surface area contributed by atoms with E-state index in [1.807, 2.05) is 30.3 Å². The van der Waals surface area contributed by atoms with E-state index in [9.17, 15) is 19.1 Å². The third kappa shape index (κ3) is 3.81. The van der Waals surface area contributed by atoms with Crippen LogP contribution >= 0.6 is 0 Å². The van der Waals surface area contributed by atoms with Crippen LogP contribution in [0.15, 0.2) is 64.2 Å². The monoisotopic (exact) mass is 384 g/mol. The molecular weight excluding hydrogens is 363 g/mol. The van der Waals surface area contributed by atoms with Gasteiger partial charge in [-0.3, -0.25) is 14.3 Å². The number of ether oxygens (including phenoxy) is 1. The Morgan fingerprint density at radius 3 is 2.43 bits per heavy atom. The summed E-state index contributed by atoms with van der Waals surface area (Å²) in [5, 5.41) is 11.2. The second-order valence-electron chi connectivity index (χ2n) is 6.68. The molecule has 146 valence electrons. The molecule has 3 rings (SSSR count). The molecule has 0 radical (unpaired) electrons. The molecule has 3 aromatic rings. The second-order valence-corrected chi connectivity index (χ2v) is 6.68. The molecule has 0 bridgehead atoms. The molecule has 28 heavy (non-hydrogen) atoms. The average Bonchev–Trinajstić information content (AvgIpc) is 2.66. The second kappa shape index (κ2) is 7.92. The van der Waals surface area contributed by atoms with Gasteiger partial charge in [0.15, 0.2) is 0 Å². The Bertz CT molecular complexity index is 1090. The van der Waals surface area contributed by atoms with Crippen LogP contribution in [-0.4, -0.2) is 14.7 Å². The van der Waals surface area contributed by atoms with E-state index in [0.29, 0.717) is 0 Å². The quantitative estimate of drug-likeness (QED) is 0.684. The van der Waals surface area contributed by atoms with E-state index in [1.54, 1.807) is 6.07 Å². The van der Waals surface area contributed by atoms with Gasteiger partial charge >= 0.3 is 5.69 Å². The largest absolute Gasteiger partial charge is 0.379 e. The fraction of sp³-hybridized carbons (Fsp3) is 0.238. The van der Waals surface area contributed by atoms with Crippen LogP contribution in [0.2, 0.25) is 0 Å². The predicted octanol–water partition coefficient (Wildman–Crippen LogP) is 2.41. The zero-order chi connectivity index (χ0) is 20.3. The maximum absolute atomic E-state index is 14.3. The number of H-pyrrole nitrogens is 1.